The van der Waals surface area contributed by atoms with Crippen molar-refractivity contribution < 1.29 is 32.9 Å². The molecule has 0 aliphatic carbocycles. The van der Waals surface area contributed by atoms with Gasteiger partial charge in [0.15, 0.2) is 6.10 Å². The molecular formula is C16H27N2O7PS. The summed E-state index contributed by atoms with van der Waals surface area (Å²) < 4.78 is 21.1. The number of allylic oxidation sites excluding steroid dienone is 1. The van der Waals surface area contributed by atoms with Crippen LogP contribution in [0, 0.1) is 5.41 Å². The van der Waals surface area contributed by atoms with Gasteiger partial charge >= 0.3 is 7.82 Å². The molecule has 0 aromatic carbocycles. The van der Waals surface area contributed by atoms with Crippen molar-refractivity contribution in [1.82, 2.24) is 10.6 Å². The molecule has 1 aliphatic heterocycles. The SMILES string of the molecule is CC(C)=CC(=O)SCCNC(=O)CCNC(=O)[C@@H]1OP(=O)(O)OCC1(C)C. The van der Waals surface area contributed by atoms with Crippen LogP contribution in [0.3, 0.4) is 0 Å². The molecule has 1 saturated heterocycles. The Labute approximate surface area is 163 Å². The van der Waals surface area contributed by atoms with Crippen LogP contribution >= 0.6 is 19.6 Å². The van der Waals surface area contributed by atoms with Gasteiger partial charge in [0.2, 0.25) is 16.9 Å². The Morgan fingerprint density at radius 2 is 1.93 bits per heavy atom. The number of phosphoric acid groups is 1. The standard InChI is InChI=1S/C16H27N2O7PS/c1-11(2)9-13(20)27-8-7-17-12(19)5-6-18-15(21)14-16(3,4)10-24-26(22,23)25-14/h9,14H,5-8,10H2,1-4H3,(H,17,19)(H,18,21)(H,22,23)/t14-/m0/s1. The molecular weight excluding hydrogens is 395 g/mol. The predicted molar refractivity (Wildman–Crippen MR) is 102 cm³/mol. The van der Waals surface area contributed by atoms with Crippen LogP contribution in [-0.4, -0.2) is 53.4 Å². The lowest BCUT2D eigenvalue weighted by atomic mass is 9.87. The second-order valence-electron chi connectivity index (χ2n) is 7.00. The van der Waals surface area contributed by atoms with Gasteiger partial charge in [-0.15, -0.1) is 0 Å². The van der Waals surface area contributed by atoms with Gasteiger partial charge < -0.3 is 15.5 Å². The molecule has 0 aromatic rings. The highest BCUT2D eigenvalue weighted by Crippen LogP contribution is 2.52. The van der Waals surface area contributed by atoms with Gasteiger partial charge in [-0.25, -0.2) is 4.57 Å². The molecule has 3 N–H and O–H groups in total. The molecule has 2 atom stereocenters. The number of phosphoric ester groups is 1. The third kappa shape index (κ3) is 9.03. The minimum Gasteiger partial charge on any atom is -0.355 e. The van der Waals surface area contributed by atoms with E-state index in [0.717, 1.165) is 17.3 Å². The number of carbonyl (C=O) groups is 3. The van der Waals surface area contributed by atoms with E-state index in [-0.39, 0.29) is 30.6 Å². The smallest absolute Gasteiger partial charge is 0.355 e. The van der Waals surface area contributed by atoms with Crippen LogP contribution in [0.1, 0.15) is 34.1 Å². The van der Waals surface area contributed by atoms with Crippen LogP contribution in [0.2, 0.25) is 0 Å². The van der Waals surface area contributed by atoms with E-state index in [1.807, 2.05) is 13.8 Å². The molecule has 27 heavy (non-hydrogen) atoms. The second kappa shape index (κ2) is 10.4. The molecule has 1 fully saturated rings. The quantitative estimate of drug-likeness (QED) is 0.304. The molecule has 9 nitrogen and oxygen atoms in total. The largest absolute Gasteiger partial charge is 0.472 e. The molecule has 0 saturated carbocycles. The minimum absolute atomic E-state index is 0.0404. The fraction of sp³-hybridized carbons (Fsp3) is 0.688. The maximum atomic E-state index is 12.2. The van der Waals surface area contributed by atoms with Gasteiger partial charge in [-0.05, 0) is 19.9 Å². The third-order valence-corrected chi connectivity index (χ3v) is 5.26. The molecule has 1 aliphatic rings. The van der Waals surface area contributed by atoms with Gasteiger partial charge in [0.25, 0.3) is 0 Å². The molecule has 11 heteroatoms. The summed E-state index contributed by atoms with van der Waals surface area (Å²) in [5.41, 5.74) is 0.138. The number of amides is 2. The monoisotopic (exact) mass is 422 g/mol. The van der Waals surface area contributed by atoms with Crippen molar-refractivity contribution in [3.8, 4) is 0 Å². The van der Waals surface area contributed by atoms with Crippen molar-refractivity contribution in [2.75, 3.05) is 25.4 Å². The number of hydrogen-bond acceptors (Lipinski definition) is 7. The number of hydrogen-bond donors (Lipinski definition) is 3. The summed E-state index contributed by atoms with van der Waals surface area (Å²) in [6.45, 7) is 7.32. The molecule has 1 rings (SSSR count). The van der Waals surface area contributed by atoms with E-state index in [0.29, 0.717) is 12.3 Å². The van der Waals surface area contributed by atoms with Crippen LogP contribution in [0.5, 0.6) is 0 Å². The van der Waals surface area contributed by atoms with E-state index in [1.54, 1.807) is 13.8 Å². The Morgan fingerprint density at radius 3 is 2.56 bits per heavy atom. The fourth-order valence-electron chi connectivity index (χ4n) is 2.13. The van der Waals surface area contributed by atoms with Crippen molar-refractivity contribution in [2.45, 2.75) is 40.2 Å². The Bertz CT molecular complexity index is 647. The lowest BCUT2D eigenvalue weighted by molar-refractivity contribution is -0.141. The van der Waals surface area contributed by atoms with Gasteiger partial charge in [0.1, 0.15) is 0 Å². The van der Waals surface area contributed by atoms with Crippen LogP contribution < -0.4 is 10.6 Å². The lowest BCUT2D eigenvalue weighted by Crippen LogP contribution is -2.49. The van der Waals surface area contributed by atoms with E-state index < -0.39 is 25.2 Å². The topological polar surface area (TPSA) is 131 Å². The molecule has 0 radical (unpaired) electrons. The summed E-state index contributed by atoms with van der Waals surface area (Å²) >= 11 is 1.12. The summed E-state index contributed by atoms with van der Waals surface area (Å²) in [6, 6.07) is 0. The van der Waals surface area contributed by atoms with Crippen LogP contribution in [-0.2, 0) is 28.0 Å². The fourth-order valence-corrected chi connectivity index (χ4v) is 4.06. The van der Waals surface area contributed by atoms with Gasteiger partial charge in [-0.3, -0.25) is 23.4 Å². The van der Waals surface area contributed by atoms with Crippen LogP contribution in [0.15, 0.2) is 11.6 Å². The summed E-state index contributed by atoms with van der Waals surface area (Å²) in [7, 11) is -4.24. The Kier molecular flexibility index (Phi) is 9.17. The van der Waals surface area contributed by atoms with Gasteiger partial charge in [0.05, 0.1) is 6.61 Å². The Hall–Kier alpha value is -1.19. The summed E-state index contributed by atoms with van der Waals surface area (Å²) in [6.07, 6.45) is 0.425. The summed E-state index contributed by atoms with van der Waals surface area (Å²) in [4.78, 5) is 44.8. The predicted octanol–water partition coefficient (Wildman–Crippen LogP) is 1.38. The van der Waals surface area contributed by atoms with Crippen molar-refractivity contribution in [2.24, 2.45) is 5.41 Å². The average molecular weight is 422 g/mol. The molecule has 2 amide bonds. The lowest BCUT2D eigenvalue weighted by Gasteiger charge is -2.38. The molecule has 154 valence electrons. The average Bonchev–Trinajstić information content (AvgIpc) is 2.53. The normalized spacial score (nSPS) is 24.0. The maximum absolute atomic E-state index is 12.2. The molecule has 1 unspecified atom stereocenters. The molecule has 0 bridgehead atoms. The molecule has 0 spiro atoms. The highest BCUT2D eigenvalue weighted by molar-refractivity contribution is 8.14. The third-order valence-electron chi connectivity index (χ3n) is 3.51. The Balaban J connectivity index is 2.28. The van der Waals surface area contributed by atoms with E-state index in [1.165, 1.54) is 6.08 Å². The van der Waals surface area contributed by atoms with Crippen molar-refractivity contribution >= 4 is 36.5 Å². The van der Waals surface area contributed by atoms with Crippen molar-refractivity contribution in [3.63, 3.8) is 0 Å². The highest BCUT2D eigenvalue weighted by atomic mass is 32.2. The second-order valence-corrected chi connectivity index (χ2v) is 9.50. The van der Waals surface area contributed by atoms with Crippen molar-refractivity contribution in [3.05, 3.63) is 11.6 Å². The number of thioether (sulfide) groups is 1. The zero-order valence-corrected chi connectivity index (χ0v) is 17.7. The number of nitrogens with one attached hydrogen (secondary N) is 2. The first-order valence-electron chi connectivity index (χ1n) is 8.45. The zero-order valence-electron chi connectivity index (χ0n) is 15.9. The number of rotatable bonds is 8. The Morgan fingerprint density at radius 1 is 1.26 bits per heavy atom. The van der Waals surface area contributed by atoms with Crippen LogP contribution in [0.25, 0.3) is 0 Å². The minimum atomic E-state index is -4.24. The maximum Gasteiger partial charge on any atom is 0.472 e. The van der Waals surface area contributed by atoms with Crippen molar-refractivity contribution in [1.29, 1.82) is 0 Å². The van der Waals surface area contributed by atoms with E-state index >= 15 is 0 Å². The first kappa shape index (κ1) is 23.8. The first-order chi connectivity index (χ1) is 12.4. The summed E-state index contributed by atoms with van der Waals surface area (Å²) in [5, 5.41) is 5.12. The van der Waals surface area contributed by atoms with E-state index in [2.05, 4.69) is 10.6 Å². The molecule has 0 aromatic heterocycles. The van der Waals surface area contributed by atoms with E-state index in [4.69, 9.17) is 9.05 Å². The van der Waals surface area contributed by atoms with Crippen LogP contribution in [0.4, 0.5) is 0 Å². The highest BCUT2D eigenvalue weighted by Gasteiger charge is 2.47. The summed E-state index contributed by atoms with van der Waals surface area (Å²) in [5.74, 6) is -0.393. The first-order valence-corrected chi connectivity index (χ1v) is 10.9. The van der Waals surface area contributed by atoms with Gasteiger partial charge in [-0.1, -0.05) is 31.2 Å². The zero-order chi connectivity index (χ0) is 20.7. The number of carbonyl (C=O) groups excluding carboxylic acids is 3. The van der Waals surface area contributed by atoms with Gasteiger partial charge in [-0.2, -0.15) is 0 Å². The molecule has 1 heterocycles. The van der Waals surface area contributed by atoms with E-state index in [9.17, 15) is 23.8 Å². The van der Waals surface area contributed by atoms with Gasteiger partial charge in [0, 0.05) is 30.7 Å².